The molecule has 3 nitrogen and oxygen atoms in total. The van der Waals surface area contributed by atoms with E-state index in [-0.39, 0.29) is 6.61 Å². The van der Waals surface area contributed by atoms with Crippen molar-refractivity contribution in [3.05, 3.63) is 41.4 Å². The highest BCUT2D eigenvalue weighted by Gasteiger charge is 2.09. The summed E-state index contributed by atoms with van der Waals surface area (Å²) in [5, 5.41) is 8.93. The van der Waals surface area contributed by atoms with E-state index >= 15 is 0 Å². The van der Waals surface area contributed by atoms with Crippen molar-refractivity contribution in [1.82, 2.24) is 4.98 Å². The van der Waals surface area contributed by atoms with Gasteiger partial charge in [0, 0.05) is 24.7 Å². The quantitative estimate of drug-likeness (QED) is 0.698. The molecule has 110 valence electrons. The van der Waals surface area contributed by atoms with E-state index < -0.39 is 0 Å². The fraction of sp³-hybridized carbons (Fsp3) is 0.529. The second-order valence-electron chi connectivity index (χ2n) is 5.33. The first kappa shape index (κ1) is 16.6. The Bertz CT molecular complexity index is 440. The van der Waals surface area contributed by atoms with Crippen molar-refractivity contribution >= 4 is 6.72 Å². The Labute approximate surface area is 122 Å². The first-order valence-corrected chi connectivity index (χ1v) is 7.34. The highest BCUT2D eigenvalue weighted by Crippen LogP contribution is 2.22. The number of aromatic nitrogens is 1. The maximum absolute atomic E-state index is 8.93. The van der Waals surface area contributed by atoms with Gasteiger partial charge in [0.05, 0.1) is 0 Å². The molecular weight excluding hydrogens is 248 g/mol. The Morgan fingerprint density at radius 1 is 1.50 bits per heavy atom. The van der Waals surface area contributed by atoms with Gasteiger partial charge in [-0.25, -0.2) is 0 Å². The molecule has 1 aromatic heterocycles. The standard InChI is InChI=1S/C17H26N2O/c1-14-9-10-19-17(12-14)8-4-6-15(2)16(13-18-3)7-5-11-20/h9-10,12-13,15,20H,3-8,11H2,1-2H3/b16-13-. The molecular formula is C17H26N2O. The molecule has 0 aliphatic carbocycles. The molecule has 1 heterocycles. The monoisotopic (exact) mass is 274 g/mol. The first-order chi connectivity index (χ1) is 9.67. The lowest BCUT2D eigenvalue weighted by molar-refractivity contribution is 0.286. The molecule has 1 aromatic rings. The number of allylic oxidation sites excluding steroid dienone is 1. The van der Waals surface area contributed by atoms with Crippen molar-refractivity contribution in [3.63, 3.8) is 0 Å². The van der Waals surface area contributed by atoms with Gasteiger partial charge in [-0.1, -0.05) is 6.92 Å². The molecule has 0 fully saturated rings. The Kier molecular flexibility index (Phi) is 7.81. The fourth-order valence-electron chi connectivity index (χ4n) is 2.35. The average molecular weight is 274 g/mol. The van der Waals surface area contributed by atoms with Crippen LogP contribution in [0.3, 0.4) is 0 Å². The summed E-state index contributed by atoms with van der Waals surface area (Å²) in [5.41, 5.74) is 3.72. The van der Waals surface area contributed by atoms with E-state index in [9.17, 15) is 0 Å². The zero-order chi connectivity index (χ0) is 14.8. The summed E-state index contributed by atoms with van der Waals surface area (Å²) in [6.07, 6.45) is 8.67. The van der Waals surface area contributed by atoms with E-state index in [4.69, 9.17) is 5.11 Å². The lowest BCUT2D eigenvalue weighted by atomic mass is 9.92. The van der Waals surface area contributed by atoms with E-state index in [1.165, 1.54) is 16.8 Å². The average Bonchev–Trinajstić information content (AvgIpc) is 2.43. The van der Waals surface area contributed by atoms with Crippen LogP contribution in [0.4, 0.5) is 0 Å². The van der Waals surface area contributed by atoms with E-state index in [1.54, 1.807) is 0 Å². The molecule has 0 radical (unpaired) electrons. The normalized spacial score (nSPS) is 13.2. The Hall–Kier alpha value is -1.48. The van der Waals surface area contributed by atoms with Gasteiger partial charge in [0.15, 0.2) is 0 Å². The highest BCUT2D eigenvalue weighted by molar-refractivity contribution is 5.27. The summed E-state index contributed by atoms with van der Waals surface area (Å²) >= 11 is 0. The van der Waals surface area contributed by atoms with Gasteiger partial charge in [0.1, 0.15) is 0 Å². The van der Waals surface area contributed by atoms with Crippen LogP contribution in [0.5, 0.6) is 0 Å². The predicted molar refractivity (Wildman–Crippen MR) is 85.0 cm³/mol. The molecule has 1 unspecified atom stereocenters. The van der Waals surface area contributed by atoms with Gasteiger partial charge in [0.25, 0.3) is 0 Å². The number of aliphatic imine (C=N–C) groups is 1. The largest absolute Gasteiger partial charge is 0.396 e. The van der Waals surface area contributed by atoms with Crippen LogP contribution in [0.2, 0.25) is 0 Å². The molecule has 0 amide bonds. The van der Waals surface area contributed by atoms with Crippen molar-refractivity contribution in [3.8, 4) is 0 Å². The number of aliphatic hydroxyl groups is 1. The van der Waals surface area contributed by atoms with Gasteiger partial charge >= 0.3 is 0 Å². The number of aliphatic hydroxyl groups excluding tert-OH is 1. The van der Waals surface area contributed by atoms with Crippen molar-refractivity contribution in [2.24, 2.45) is 10.9 Å². The Balaban J connectivity index is 2.42. The zero-order valence-electron chi connectivity index (χ0n) is 12.7. The highest BCUT2D eigenvalue weighted by atomic mass is 16.2. The Morgan fingerprint density at radius 2 is 2.30 bits per heavy atom. The number of aryl methyl sites for hydroxylation is 2. The molecule has 1 N–H and O–H groups in total. The minimum atomic E-state index is 0.231. The van der Waals surface area contributed by atoms with Gasteiger partial charge in [-0.05, 0) is 74.9 Å². The third-order valence-corrected chi connectivity index (χ3v) is 3.56. The minimum absolute atomic E-state index is 0.231. The number of rotatable bonds is 9. The van der Waals surface area contributed by atoms with E-state index in [0.29, 0.717) is 5.92 Å². The second kappa shape index (κ2) is 9.43. The summed E-state index contributed by atoms with van der Waals surface area (Å²) in [6, 6.07) is 4.18. The van der Waals surface area contributed by atoms with Crippen LogP contribution in [0.1, 0.15) is 43.9 Å². The summed E-state index contributed by atoms with van der Waals surface area (Å²) in [7, 11) is 0. The molecule has 20 heavy (non-hydrogen) atoms. The molecule has 0 aromatic carbocycles. The molecule has 1 rings (SSSR count). The van der Waals surface area contributed by atoms with Crippen molar-refractivity contribution in [2.45, 2.75) is 46.0 Å². The molecule has 0 saturated carbocycles. The molecule has 3 heteroatoms. The van der Waals surface area contributed by atoms with Crippen LogP contribution >= 0.6 is 0 Å². The van der Waals surface area contributed by atoms with Gasteiger partial charge in [0.2, 0.25) is 0 Å². The number of hydrogen-bond donors (Lipinski definition) is 1. The SMILES string of the molecule is C=N/C=C(/CCCO)C(C)CCCc1cc(C)ccn1. The summed E-state index contributed by atoms with van der Waals surface area (Å²) in [5.74, 6) is 0.483. The number of pyridine rings is 1. The molecule has 1 atom stereocenters. The maximum Gasteiger partial charge on any atom is 0.0434 e. The van der Waals surface area contributed by atoms with Gasteiger partial charge < -0.3 is 5.11 Å². The summed E-state index contributed by atoms with van der Waals surface area (Å²) < 4.78 is 0. The zero-order valence-corrected chi connectivity index (χ0v) is 12.7. The topological polar surface area (TPSA) is 45.5 Å². The van der Waals surface area contributed by atoms with E-state index in [0.717, 1.165) is 32.1 Å². The minimum Gasteiger partial charge on any atom is -0.396 e. The van der Waals surface area contributed by atoms with Crippen LogP contribution in [0.25, 0.3) is 0 Å². The van der Waals surface area contributed by atoms with Crippen molar-refractivity contribution in [2.75, 3.05) is 6.61 Å². The first-order valence-electron chi connectivity index (χ1n) is 7.34. The van der Waals surface area contributed by atoms with Gasteiger partial charge in [-0.2, -0.15) is 0 Å². The third-order valence-electron chi connectivity index (χ3n) is 3.56. The van der Waals surface area contributed by atoms with Crippen LogP contribution in [-0.2, 0) is 6.42 Å². The van der Waals surface area contributed by atoms with Gasteiger partial charge in [-0.15, -0.1) is 0 Å². The summed E-state index contributed by atoms with van der Waals surface area (Å²) in [6.45, 7) is 8.08. The van der Waals surface area contributed by atoms with Crippen LogP contribution in [0.15, 0.2) is 35.1 Å². The Morgan fingerprint density at radius 3 is 2.95 bits per heavy atom. The maximum atomic E-state index is 8.93. The molecule has 0 aliphatic rings. The smallest absolute Gasteiger partial charge is 0.0434 e. The lowest BCUT2D eigenvalue weighted by Gasteiger charge is -2.15. The molecule has 0 aliphatic heterocycles. The fourth-order valence-corrected chi connectivity index (χ4v) is 2.35. The van der Waals surface area contributed by atoms with Crippen molar-refractivity contribution in [1.29, 1.82) is 0 Å². The molecule has 0 saturated heterocycles. The van der Waals surface area contributed by atoms with E-state index in [1.807, 2.05) is 18.5 Å². The van der Waals surface area contributed by atoms with Crippen LogP contribution < -0.4 is 0 Å². The molecule has 0 spiro atoms. The third kappa shape index (κ3) is 6.11. The lowest BCUT2D eigenvalue weighted by Crippen LogP contribution is -2.02. The number of hydrogen-bond acceptors (Lipinski definition) is 3. The van der Waals surface area contributed by atoms with Gasteiger partial charge in [-0.3, -0.25) is 9.98 Å². The van der Waals surface area contributed by atoms with Crippen LogP contribution in [0, 0.1) is 12.8 Å². The second-order valence-corrected chi connectivity index (χ2v) is 5.33. The number of nitrogens with zero attached hydrogens (tertiary/aromatic N) is 2. The molecule has 0 bridgehead atoms. The van der Waals surface area contributed by atoms with Crippen molar-refractivity contribution < 1.29 is 5.11 Å². The van der Waals surface area contributed by atoms with Crippen LogP contribution in [-0.4, -0.2) is 23.4 Å². The van der Waals surface area contributed by atoms with E-state index in [2.05, 4.69) is 36.6 Å². The summed E-state index contributed by atoms with van der Waals surface area (Å²) in [4.78, 5) is 8.27. The predicted octanol–water partition coefficient (Wildman–Crippen LogP) is 3.71.